The fraction of sp³-hybridized carbons (Fsp3) is 0.714. The van der Waals surface area contributed by atoms with Crippen molar-refractivity contribution in [1.82, 2.24) is 15.6 Å². The van der Waals surface area contributed by atoms with Gasteiger partial charge in [0.1, 0.15) is 0 Å². The number of carbonyl (C=O) groups is 1. The van der Waals surface area contributed by atoms with E-state index in [0.717, 1.165) is 49.5 Å². The summed E-state index contributed by atoms with van der Waals surface area (Å²) in [5.74, 6) is 0.479. The molecule has 3 rings (SSSR count). The van der Waals surface area contributed by atoms with Gasteiger partial charge in [0.25, 0.3) is 0 Å². The van der Waals surface area contributed by atoms with E-state index in [1.165, 1.54) is 0 Å². The Hall–Kier alpha value is -0.360. The zero-order chi connectivity index (χ0) is 13.3. The molecule has 1 spiro atoms. The number of hydrogen-bond acceptors (Lipinski definition) is 4. The average molecular weight is 352 g/mol. The van der Waals surface area contributed by atoms with Crippen molar-refractivity contribution >= 4 is 42.1 Å². The molecule has 1 aliphatic carbocycles. The number of thiazole rings is 1. The third-order valence-corrected chi connectivity index (χ3v) is 5.49. The summed E-state index contributed by atoms with van der Waals surface area (Å²) in [5.41, 5.74) is 1.32. The van der Waals surface area contributed by atoms with E-state index in [-0.39, 0.29) is 36.6 Å². The molecule has 1 aromatic heterocycles. The summed E-state index contributed by atoms with van der Waals surface area (Å²) < 4.78 is 0. The first-order chi connectivity index (χ1) is 9.23. The predicted molar refractivity (Wildman–Crippen MR) is 90.5 cm³/mol. The first-order valence-electron chi connectivity index (χ1n) is 7.15. The van der Waals surface area contributed by atoms with Crippen LogP contribution in [0, 0.1) is 11.3 Å². The van der Waals surface area contributed by atoms with Crippen molar-refractivity contribution in [1.29, 1.82) is 0 Å². The third kappa shape index (κ3) is 4.09. The molecule has 21 heavy (non-hydrogen) atoms. The van der Waals surface area contributed by atoms with Crippen LogP contribution in [0.5, 0.6) is 0 Å². The zero-order valence-corrected chi connectivity index (χ0v) is 14.6. The number of aryl methyl sites for hydroxylation is 1. The Morgan fingerprint density at radius 2 is 2.19 bits per heavy atom. The second-order valence-electron chi connectivity index (χ2n) is 5.67. The molecular weight excluding hydrogens is 329 g/mol. The minimum Gasteiger partial charge on any atom is -0.350 e. The molecule has 4 nitrogen and oxygen atoms in total. The number of hydrogen-bond donors (Lipinski definition) is 2. The van der Waals surface area contributed by atoms with E-state index in [2.05, 4.69) is 22.5 Å². The molecule has 1 atom stereocenters. The molecule has 0 aromatic carbocycles. The Kier molecular flexibility index (Phi) is 6.91. The molecule has 0 radical (unpaired) electrons. The van der Waals surface area contributed by atoms with E-state index >= 15 is 0 Å². The van der Waals surface area contributed by atoms with Crippen molar-refractivity contribution in [3.8, 4) is 0 Å². The largest absolute Gasteiger partial charge is 0.350 e. The second kappa shape index (κ2) is 7.77. The molecule has 1 aliphatic heterocycles. The van der Waals surface area contributed by atoms with Gasteiger partial charge in [-0.3, -0.25) is 4.79 Å². The van der Waals surface area contributed by atoms with Crippen molar-refractivity contribution in [2.45, 2.75) is 39.2 Å². The van der Waals surface area contributed by atoms with Crippen LogP contribution >= 0.6 is 36.2 Å². The van der Waals surface area contributed by atoms with E-state index < -0.39 is 0 Å². The van der Waals surface area contributed by atoms with Gasteiger partial charge in [-0.2, -0.15) is 0 Å². The summed E-state index contributed by atoms with van der Waals surface area (Å²) in [5, 5.41) is 9.61. The number of rotatable bonds is 4. The summed E-state index contributed by atoms with van der Waals surface area (Å²) in [6.07, 6.45) is 4.36. The van der Waals surface area contributed by atoms with Gasteiger partial charge in [0.2, 0.25) is 5.91 Å². The van der Waals surface area contributed by atoms with Gasteiger partial charge < -0.3 is 10.6 Å². The third-order valence-electron chi connectivity index (χ3n) is 4.45. The molecule has 0 bridgehead atoms. The Labute approximate surface area is 142 Å². The van der Waals surface area contributed by atoms with Crippen LogP contribution in [-0.2, 0) is 17.8 Å². The fourth-order valence-corrected chi connectivity index (χ4v) is 3.83. The molecule has 1 saturated heterocycles. The lowest BCUT2D eigenvalue weighted by Crippen LogP contribution is -2.33. The summed E-state index contributed by atoms with van der Waals surface area (Å²) >= 11 is 1.68. The summed E-state index contributed by atoms with van der Waals surface area (Å²) in [6, 6.07) is 0. The standard InChI is InChI=1S/C14H21N3OS.2ClH/c1-2-12-17-10(9-19-12)8-16-13(18)11-7-14(11)3-5-15-6-4-14;;/h9,11,15H,2-8H2,1H3,(H,16,18);2*1H. The quantitative estimate of drug-likeness (QED) is 0.876. The normalized spacial score (nSPS) is 22.0. The van der Waals surface area contributed by atoms with E-state index in [1.807, 2.05) is 5.38 Å². The predicted octanol–water partition coefficient (Wildman–Crippen LogP) is 2.56. The van der Waals surface area contributed by atoms with Crippen molar-refractivity contribution < 1.29 is 4.79 Å². The lowest BCUT2D eigenvalue weighted by molar-refractivity contribution is -0.123. The van der Waals surface area contributed by atoms with Crippen LogP contribution < -0.4 is 10.6 Å². The van der Waals surface area contributed by atoms with Crippen molar-refractivity contribution in [3.05, 3.63) is 16.1 Å². The molecule has 2 N–H and O–H groups in total. The first-order valence-corrected chi connectivity index (χ1v) is 8.03. The lowest BCUT2D eigenvalue weighted by Gasteiger charge is -2.23. The van der Waals surface area contributed by atoms with Crippen molar-refractivity contribution in [2.24, 2.45) is 11.3 Å². The van der Waals surface area contributed by atoms with Gasteiger partial charge in [-0.25, -0.2) is 4.98 Å². The van der Waals surface area contributed by atoms with Crippen LogP contribution in [-0.4, -0.2) is 24.0 Å². The highest BCUT2D eigenvalue weighted by atomic mass is 35.5. The Balaban J connectivity index is 0.00000110. The van der Waals surface area contributed by atoms with E-state index in [1.54, 1.807) is 11.3 Å². The number of nitrogens with one attached hydrogen (secondary N) is 2. The molecule has 1 amide bonds. The van der Waals surface area contributed by atoms with Gasteiger partial charge in [0.15, 0.2) is 0 Å². The van der Waals surface area contributed by atoms with Crippen LogP contribution in [0.3, 0.4) is 0 Å². The number of aromatic nitrogens is 1. The monoisotopic (exact) mass is 351 g/mol. The van der Waals surface area contributed by atoms with Crippen LogP contribution in [0.2, 0.25) is 0 Å². The van der Waals surface area contributed by atoms with Gasteiger partial charge >= 0.3 is 0 Å². The highest BCUT2D eigenvalue weighted by Crippen LogP contribution is 2.58. The Morgan fingerprint density at radius 3 is 2.81 bits per heavy atom. The van der Waals surface area contributed by atoms with Crippen LogP contribution in [0.4, 0.5) is 0 Å². The summed E-state index contributed by atoms with van der Waals surface area (Å²) in [4.78, 5) is 16.7. The topological polar surface area (TPSA) is 54.0 Å². The minimum absolute atomic E-state index is 0. The average Bonchev–Trinajstić information content (AvgIpc) is 2.93. The molecule has 1 aromatic rings. The van der Waals surface area contributed by atoms with Gasteiger partial charge in [-0.1, -0.05) is 6.92 Å². The number of amides is 1. The van der Waals surface area contributed by atoms with E-state index in [9.17, 15) is 4.79 Å². The van der Waals surface area contributed by atoms with Gasteiger partial charge in [0, 0.05) is 11.3 Å². The van der Waals surface area contributed by atoms with Gasteiger partial charge in [-0.05, 0) is 44.2 Å². The maximum atomic E-state index is 12.2. The maximum Gasteiger partial charge on any atom is 0.224 e. The smallest absolute Gasteiger partial charge is 0.224 e. The fourth-order valence-electron chi connectivity index (χ4n) is 3.09. The van der Waals surface area contributed by atoms with Crippen LogP contribution in [0.15, 0.2) is 5.38 Å². The number of piperidine rings is 1. The van der Waals surface area contributed by atoms with E-state index in [0.29, 0.717) is 12.0 Å². The Morgan fingerprint density at radius 1 is 1.48 bits per heavy atom. The molecule has 7 heteroatoms. The summed E-state index contributed by atoms with van der Waals surface area (Å²) in [7, 11) is 0. The summed E-state index contributed by atoms with van der Waals surface area (Å²) in [6.45, 7) is 4.82. The first kappa shape index (κ1) is 18.7. The number of carbonyl (C=O) groups excluding carboxylic acids is 1. The molecular formula is C14H23Cl2N3OS. The molecule has 1 saturated carbocycles. The van der Waals surface area contributed by atoms with Gasteiger partial charge in [-0.15, -0.1) is 36.2 Å². The van der Waals surface area contributed by atoms with Crippen molar-refractivity contribution in [2.75, 3.05) is 13.1 Å². The van der Waals surface area contributed by atoms with Crippen molar-refractivity contribution in [3.63, 3.8) is 0 Å². The highest BCUT2D eigenvalue weighted by Gasteiger charge is 2.57. The van der Waals surface area contributed by atoms with Crippen LogP contribution in [0.25, 0.3) is 0 Å². The molecule has 120 valence electrons. The SMILES string of the molecule is CCc1nc(CNC(=O)C2CC23CCNCC3)cs1.Cl.Cl. The molecule has 2 heterocycles. The molecule has 1 unspecified atom stereocenters. The van der Waals surface area contributed by atoms with E-state index in [4.69, 9.17) is 0 Å². The molecule has 2 fully saturated rings. The maximum absolute atomic E-state index is 12.2. The number of nitrogens with zero attached hydrogens (tertiary/aromatic N) is 1. The molecule has 2 aliphatic rings. The zero-order valence-electron chi connectivity index (χ0n) is 12.2. The lowest BCUT2D eigenvalue weighted by atomic mass is 9.92. The number of halogens is 2. The minimum atomic E-state index is 0. The second-order valence-corrected chi connectivity index (χ2v) is 6.62. The van der Waals surface area contributed by atoms with Crippen LogP contribution in [0.1, 0.15) is 36.9 Å². The Bertz CT molecular complexity index is 475. The van der Waals surface area contributed by atoms with Gasteiger partial charge in [0.05, 0.1) is 17.2 Å². The highest BCUT2D eigenvalue weighted by molar-refractivity contribution is 7.09.